The van der Waals surface area contributed by atoms with E-state index in [0.29, 0.717) is 12.2 Å². The third-order valence-electron chi connectivity index (χ3n) is 1.86. The molecule has 4 heteroatoms. The Morgan fingerprint density at radius 1 is 1.20 bits per heavy atom. The molecule has 2 nitrogen and oxygen atoms in total. The molecule has 0 fully saturated rings. The number of hydrogen-bond acceptors (Lipinski definition) is 2. The van der Waals surface area contributed by atoms with E-state index in [2.05, 4.69) is 5.32 Å². The van der Waals surface area contributed by atoms with Crippen LogP contribution in [-0.4, -0.2) is 19.7 Å². The summed E-state index contributed by atoms with van der Waals surface area (Å²) in [4.78, 5) is 0. The zero-order valence-corrected chi connectivity index (χ0v) is 8.72. The highest BCUT2D eigenvalue weighted by molar-refractivity contribution is 5.16. The molecule has 1 N–H and O–H groups in total. The SMILES string of the molecule is CCNCCOCc1cc(F)cc(F)c1. The van der Waals surface area contributed by atoms with Crippen LogP contribution in [0.2, 0.25) is 0 Å². The summed E-state index contributed by atoms with van der Waals surface area (Å²) in [6.45, 7) is 4.40. The summed E-state index contributed by atoms with van der Waals surface area (Å²) in [5, 5.41) is 3.08. The molecule has 0 unspecified atom stereocenters. The molecular weight excluding hydrogens is 200 g/mol. The summed E-state index contributed by atoms with van der Waals surface area (Å²) >= 11 is 0. The van der Waals surface area contributed by atoms with Crippen molar-refractivity contribution in [3.63, 3.8) is 0 Å². The first-order valence-electron chi connectivity index (χ1n) is 4.96. The molecule has 0 heterocycles. The van der Waals surface area contributed by atoms with E-state index in [1.165, 1.54) is 12.1 Å². The van der Waals surface area contributed by atoms with Gasteiger partial charge in [0.05, 0.1) is 13.2 Å². The van der Waals surface area contributed by atoms with Crippen LogP contribution in [0.3, 0.4) is 0 Å². The molecule has 1 aromatic carbocycles. The predicted molar refractivity (Wildman–Crippen MR) is 54.6 cm³/mol. The average Bonchev–Trinajstić information content (AvgIpc) is 2.16. The van der Waals surface area contributed by atoms with Crippen LogP contribution in [0, 0.1) is 11.6 Å². The van der Waals surface area contributed by atoms with Crippen molar-refractivity contribution in [2.75, 3.05) is 19.7 Å². The first-order chi connectivity index (χ1) is 7.22. The van der Waals surface area contributed by atoms with Gasteiger partial charge in [-0.1, -0.05) is 6.92 Å². The highest BCUT2D eigenvalue weighted by atomic mass is 19.1. The zero-order chi connectivity index (χ0) is 11.1. The van der Waals surface area contributed by atoms with Crippen molar-refractivity contribution in [3.8, 4) is 0 Å². The molecule has 0 aliphatic rings. The fourth-order valence-electron chi connectivity index (χ4n) is 1.21. The van der Waals surface area contributed by atoms with Gasteiger partial charge < -0.3 is 10.1 Å². The summed E-state index contributed by atoms with van der Waals surface area (Å²) < 4.78 is 30.7. The maximum atomic E-state index is 12.8. The fraction of sp³-hybridized carbons (Fsp3) is 0.455. The van der Waals surface area contributed by atoms with Gasteiger partial charge in [0.25, 0.3) is 0 Å². The number of likely N-dealkylation sites (N-methyl/N-ethyl adjacent to an activating group) is 1. The van der Waals surface area contributed by atoms with Gasteiger partial charge in [-0.25, -0.2) is 8.78 Å². The summed E-state index contributed by atoms with van der Waals surface area (Å²) in [5.41, 5.74) is 0.518. The van der Waals surface area contributed by atoms with Gasteiger partial charge in [-0.05, 0) is 24.2 Å². The topological polar surface area (TPSA) is 21.3 Å². The van der Waals surface area contributed by atoms with E-state index in [-0.39, 0.29) is 6.61 Å². The Hall–Kier alpha value is -1.00. The van der Waals surface area contributed by atoms with Crippen molar-refractivity contribution in [1.29, 1.82) is 0 Å². The van der Waals surface area contributed by atoms with Crippen molar-refractivity contribution in [2.24, 2.45) is 0 Å². The van der Waals surface area contributed by atoms with Crippen LogP contribution in [0.25, 0.3) is 0 Å². The lowest BCUT2D eigenvalue weighted by Gasteiger charge is -2.05. The highest BCUT2D eigenvalue weighted by Gasteiger charge is 2.00. The van der Waals surface area contributed by atoms with Crippen LogP contribution in [0.4, 0.5) is 8.78 Å². The molecule has 0 amide bonds. The van der Waals surface area contributed by atoms with Crippen LogP contribution in [-0.2, 0) is 11.3 Å². The molecule has 0 spiro atoms. The van der Waals surface area contributed by atoms with E-state index in [9.17, 15) is 8.78 Å². The van der Waals surface area contributed by atoms with Crippen LogP contribution in [0.15, 0.2) is 18.2 Å². The minimum Gasteiger partial charge on any atom is -0.375 e. The molecule has 0 aliphatic heterocycles. The molecule has 0 saturated carbocycles. The molecule has 0 radical (unpaired) electrons. The molecule has 15 heavy (non-hydrogen) atoms. The second-order valence-corrected chi connectivity index (χ2v) is 3.18. The lowest BCUT2D eigenvalue weighted by molar-refractivity contribution is 0.122. The Kier molecular flexibility index (Phi) is 5.21. The van der Waals surface area contributed by atoms with Gasteiger partial charge in [-0.3, -0.25) is 0 Å². The Balaban J connectivity index is 2.31. The van der Waals surface area contributed by atoms with Crippen LogP contribution in [0.5, 0.6) is 0 Å². The van der Waals surface area contributed by atoms with Crippen molar-refractivity contribution in [2.45, 2.75) is 13.5 Å². The highest BCUT2D eigenvalue weighted by Crippen LogP contribution is 2.08. The van der Waals surface area contributed by atoms with Crippen molar-refractivity contribution >= 4 is 0 Å². The quantitative estimate of drug-likeness (QED) is 0.734. The number of hydrogen-bond donors (Lipinski definition) is 1. The van der Waals surface area contributed by atoms with Crippen molar-refractivity contribution in [1.82, 2.24) is 5.32 Å². The standard InChI is InChI=1S/C11H15F2NO/c1-2-14-3-4-15-8-9-5-10(12)7-11(13)6-9/h5-7,14H,2-4,8H2,1H3. The summed E-state index contributed by atoms with van der Waals surface area (Å²) in [6.07, 6.45) is 0. The third-order valence-corrected chi connectivity index (χ3v) is 1.86. The molecule has 0 atom stereocenters. The van der Waals surface area contributed by atoms with Crippen molar-refractivity contribution in [3.05, 3.63) is 35.4 Å². The Bertz CT molecular complexity index is 284. The molecule has 0 bridgehead atoms. The van der Waals surface area contributed by atoms with E-state index in [0.717, 1.165) is 19.2 Å². The van der Waals surface area contributed by atoms with Crippen LogP contribution >= 0.6 is 0 Å². The monoisotopic (exact) mass is 215 g/mol. The number of nitrogens with one attached hydrogen (secondary N) is 1. The first kappa shape index (κ1) is 12.1. The molecule has 0 aromatic heterocycles. The largest absolute Gasteiger partial charge is 0.375 e. The number of halogens is 2. The van der Waals surface area contributed by atoms with Gasteiger partial charge in [0.15, 0.2) is 0 Å². The third kappa shape index (κ3) is 4.85. The lowest BCUT2D eigenvalue weighted by Crippen LogP contribution is -2.18. The maximum absolute atomic E-state index is 12.8. The number of rotatable bonds is 6. The van der Waals surface area contributed by atoms with Gasteiger partial charge in [0, 0.05) is 12.6 Å². The van der Waals surface area contributed by atoms with E-state index in [1.54, 1.807) is 0 Å². The fourth-order valence-corrected chi connectivity index (χ4v) is 1.21. The van der Waals surface area contributed by atoms with Crippen LogP contribution in [0.1, 0.15) is 12.5 Å². The lowest BCUT2D eigenvalue weighted by atomic mass is 10.2. The van der Waals surface area contributed by atoms with E-state index >= 15 is 0 Å². The van der Waals surface area contributed by atoms with E-state index < -0.39 is 11.6 Å². The second-order valence-electron chi connectivity index (χ2n) is 3.18. The molecule has 1 aromatic rings. The number of benzene rings is 1. The Morgan fingerprint density at radius 2 is 1.87 bits per heavy atom. The predicted octanol–water partition coefficient (Wildman–Crippen LogP) is 2.09. The maximum Gasteiger partial charge on any atom is 0.126 e. The first-order valence-corrected chi connectivity index (χ1v) is 4.96. The molecule has 0 saturated heterocycles. The van der Waals surface area contributed by atoms with Crippen LogP contribution < -0.4 is 5.32 Å². The Labute approximate surface area is 88.3 Å². The zero-order valence-electron chi connectivity index (χ0n) is 8.72. The van der Waals surface area contributed by atoms with E-state index in [4.69, 9.17) is 4.74 Å². The Morgan fingerprint density at radius 3 is 2.47 bits per heavy atom. The molecule has 1 rings (SSSR count). The second kappa shape index (κ2) is 6.48. The minimum absolute atomic E-state index is 0.236. The van der Waals surface area contributed by atoms with Gasteiger partial charge >= 0.3 is 0 Å². The van der Waals surface area contributed by atoms with Gasteiger partial charge in [-0.2, -0.15) is 0 Å². The molecule has 0 aliphatic carbocycles. The normalized spacial score (nSPS) is 10.6. The summed E-state index contributed by atoms with van der Waals surface area (Å²) in [6, 6.07) is 3.40. The minimum atomic E-state index is -0.569. The van der Waals surface area contributed by atoms with Crippen molar-refractivity contribution < 1.29 is 13.5 Å². The molecule has 84 valence electrons. The molecular formula is C11H15F2NO. The smallest absolute Gasteiger partial charge is 0.126 e. The van der Waals surface area contributed by atoms with E-state index in [1.807, 2.05) is 6.92 Å². The average molecular weight is 215 g/mol. The van der Waals surface area contributed by atoms with Gasteiger partial charge in [0.2, 0.25) is 0 Å². The number of ether oxygens (including phenoxy) is 1. The van der Waals surface area contributed by atoms with Gasteiger partial charge in [0.1, 0.15) is 11.6 Å². The summed E-state index contributed by atoms with van der Waals surface area (Å²) in [7, 11) is 0. The summed E-state index contributed by atoms with van der Waals surface area (Å²) in [5.74, 6) is -1.14. The van der Waals surface area contributed by atoms with Gasteiger partial charge in [-0.15, -0.1) is 0 Å².